The van der Waals surface area contributed by atoms with Gasteiger partial charge in [-0.05, 0) is 50.3 Å². The molecule has 3 N–H and O–H groups in total. The van der Waals surface area contributed by atoms with E-state index in [1.807, 2.05) is 0 Å². The Balaban J connectivity index is 1.67. The minimum atomic E-state index is -0.396. The van der Waals surface area contributed by atoms with Crippen LogP contribution in [0.1, 0.15) is 36.0 Å². The van der Waals surface area contributed by atoms with Crippen molar-refractivity contribution in [3.63, 3.8) is 0 Å². The molecule has 1 amide bonds. The Morgan fingerprint density at radius 1 is 1.35 bits per heavy atom. The highest BCUT2D eigenvalue weighted by Crippen LogP contribution is 2.28. The molecule has 2 fully saturated rings. The van der Waals surface area contributed by atoms with Crippen LogP contribution in [-0.2, 0) is 0 Å². The molecule has 20 heavy (non-hydrogen) atoms. The molecule has 0 aromatic carbocycles. The number of carbonyl (C=O) groups excluding carboxylic acids is 1. The van der Waals surface area contributed by atoms with Crippen molar-refractivity contribution in [3.8, 4) is 0 Å². The number of anilines is 1. The molecule has 0 spiro atoms. The van der Waals surface area contributed by atoms with Crippen LogP contribution in [0.4, 0.5) is 5.82 Å². The lowest BCUT2D eigenvalue weighted by atomic mass is 9.88. The Bertz CT molecular complexity index is 477. The largest absolute Gasteiger partial charge is 0.365 e. The van der Waals surface area contributed by atoms with Gasteiger partial charge in [-0.15, -0.1) is 0 Å². The van der Waals surface area contributed by atoms with Crippen LogP contribution in [0.25, 0.3) is 0 Å². The molecule has 3 rings (SSSR count). The lowest BCUT2D eigenvalue weighted by molar-refractivity contribution is 0.100. The number of hydrogen-bond acceptors (Lipinski definition) is 4. The second kappa shape index (κ2) is 5.79. The molecule has 1 aromatic heterocycles. The van der Waals surface area contributed by atoms with Crippen molar-refractivity contribution < 1.29 is 4.79 Å². The van der Waals surface area contributed by atoms with E-state index in [0.29, 0.717) is 11.6 Å². The summed E-state index contributed by atoms with van der Waals surface area (Å²) in [5, 5.41) is 3.60. The molecule has 5 heteroatoms. The predicted molar refractivity (Wildman–Crippen MR) is 78.7 cm³/mol. The summed E-state index contributed by atoms with van der Waals surface area (Å²) < 4.78 is 0. The Morgan fingerprint density at radius 2 is 2.15 bits per heavy atom. The van der Waals surface area contributed by atoms with Gasteiger partial charge in [-0.3, -0.25) is 4.79 Å². The highest BCUT2D eigenvalue weighted by Gasteiger charge is 2.29. The van der Waals surface area contributed by atoms with Crippen molar-refractivity contribution >= 4 is 11.7 Å². The molecular formula is C15H22N4O. The summed E-state index contributed by atoms with van der Waals surface area (Å²) in [5.74, 6) is 1.11. The first-order valence-corrected chi connectivity index (χ1v) is 7.49. The molecule has 0 radical (unpaired) electrons. The van der Waals surface area contributed by atoms with Gasteiger partial charge in [-0.2, -0.15) is 0 Å². The molecule has 2 aliphatic rings. The summed E-state index contributed by atoms with van der Waals surface area (Å²) >= 11 is 0. The first kappa shape index (κ1) is 13.4. The SMILES string of the molecule is NC(=O)c1cccnc1N1CCC(C2CCCN2)CC1. The third-order valence-electron chi connectivity index (χ3n) is 4.56. The number of piperidine rings is 1. The normalized spacial score (nSPS) is 24.0. The summed E-state index contributed by atoms with van der Waals surface area (Å²) in [5.41, 5.74) is 5.96. The van der Waals surface area contributed by atoms with Gasteiger partial charge in [-0.1, -0.05) is 0 Å². The average molecular weight is 274 g/mol. The average Bonchev–Trinajstić information content (AvgIpc) is 3.02. The van der Waals surface area contributed by atoms with E-state index in [1.54, 1.807) is 18.3 Å². The maximum absolute atomic E-state index is 11.5. The number of aromatic nitrogens is 1. The van der Waals surface area contributed by atoms with Crippen LogP contribution in [0.3, 0.4) is 0 Å². The van der Waals surface area contributed by atoms with Gasteiger partial charge in [0.05, 0.1) is 5.56 Å². The van der Waals surface area contributed by atoms with Crippen LogP contribution in [0.2, 0.25) is 0 Å². The molecule has 1 aromatic rings. The van der Waals surface area contributed by atoms with Gasteiger partial charge in [-0.25, -0.2) is 4.98 Å². The molecule has 1 atom stereocenters. The highest BCUT2D eigenvalue weighted by molar-refractivity contribution is 5.97. The highest BCUT2D eigenvalue weighted by atomic mass is 16.1. The van der Waals surface area contributed by atoms with Crippen molar-refractivity contribution in [1.82, 2.24) is 10.3 Å². The van der Waals surface area contributed by atoms with Crippen molar-refractivity contribution in [1.29, 1.82) is 0 Å². The lowest BCUT2D eigenvalue weighted by Crippen LogP contribution is -2.41. The summed E-state index contributed by atoms with van der Waals surface area (Å²) in [7, 11) is 0. The van der Waals surface area contributed by atoms with Gasteiger partial charge in [0, 0.05) is 25.3 Å². The van der Waals surface area contributed by atoms with Crippen LogP contribution < -0.4 is 16.0 Å². The standard InChI is InChI=1S/C15H22N4O/c16-14(20)12-3-1-8-18-15(12)19-9-5-11(6-10-19)13-4-2-7-17-13/h1,3,8,11,13,17H,2,4-7,9-10H2,(H2,16,20). The van der Waals surface area contributed by atoms with Gasteiger partial charge in [0.25, 0.3) is 5.91 Å². The lowest BCUT2D eigenvalue weighted by Gasteiger charge is -2.36. The van der Waals surface area contributed by atoms with Gasteiger partial charge < -0.3 is 16.0 Å². The number of nitrogens with two attached hydrogens (primary N) is 1. The summed E-state index contributed by atoms with van der Waals surface area (Å²) in [4.78, 5) is 18.0. The number of carbonyl (C=O) groups is 1. The maximum atomic E-state index is 11.5. The Hall–Kier alpha value is -1.62. The van der Waals surface area contributed by atoms with E-state index in [9.17, 15) is 4.79 Å². The number of nitrogens with one attached hydrogen (secondary N) is 1. The van der Waals surface area contributed by atoms with Crippen molar-refractivity contribution in [3.05, 3.63) is 23.9 Å². The molecule has 0 bridgehead atoms. The van der Waals surface area contributed by atoms with Crippen molar-refractivity contribution in [2.24, 2.45) is 11.7 Å². The monoisotopic (exact) mass is 274 g/mol. The minimum Gasteiger partial charge on any atom is -0.365 e. The van der Waals surface area contributed by atoms with Crippen LogP contribution in [0.5, 0.6) is 0 Å². The third kappa shape index (κ3) is 2.63. The quantitative estimate of drug-likeness (QED) is 0.867. The number of nitrogens with zero attached hydrogens (tertiary/aromatic N) is 2. The molecule has 108 valence electrons. The fourth-order valence-electron chi connectivity index (χ4n) is 3.47. The fraction of sp³-hybridized carbons (Fsp3) is 0.600. The van der Waals surface area contributed by atoms with Gasteiger partial charge in [0.15, 0.2) is 0 Å². The molecular weight excluding hydrogens is 252 g/mol. The van der Waals surface area contributed by atoms with Gasteiger partial charge in [0.2, 0.25) is 0 Å². The van der Waals surface area contributed by atoms with E-state index < -0.39 is 5.91 Å². The molecule has 0 saturated carbocycles. The van der Waals surface area contributed by atoms with Crippen molar-refractivity contribution in [2.45, 2.75) is 31.7 Å². The van der Waals surface area contributed by atoms with Crippen LogP contribution in [0.15, 0.2) is 18.3 Å². The molecule has 3 heterocycles. The fourth-order valence-corrected chi connectivity index (χ4v) is 3.47. The van der Waals surface area contributed by atoms with Gasteiger partial charge in [0.1, 0.15) is 5.82 Å². The topological polar surface area (TPSA) is 71.2 Å². The molecule has 2 saturated heterocycles. The number of rotatable bonds is 3. The maximum Gasteiger partial charge on any atom is 0.252 e. The van der Waals surface area contributed by atoms with Crippen molar-refractivity contribution in [2.75, 3.05) is 24.5 Å². The zero-order valence-electron chi connectivity index (χ0n) is 11.7. The van der Waals surface area contributed by atoms with E-state index in [-0.39, 0.29) is 0 Å². The predicted octanol–water partition coefficient (Wildman–Crippen LogP) is 1.15. The second-order valence-corrected chi connectivity index (χ2v) is 5.77. The Morgan fingerprint density at radius 3 is 2.80 bits per heavy atom. The smallest absolute Gasteiger partial charge is 0.252 e. The van der Waals surface area contributed by atoms with E-state index in [0.717, 1.165) is 44.2 Å². The number of hydrogen-bond donors (Lipinski definition) is 2. The van der Waals surface area contributed by atoms with Crippen LogP contribution in [0, 0.1) is 5.92 Å². The Kier molecular flexibility index (Phi) is 3.87. The number of primary amides is 1. The third-order valence-corrected chi connectivity index (χ3v) is 4.56. The minimum absolute atomic E-state index is 0.396. The molecule has 2 aliphatic heterocycles. The zero-order chi connectivity index (χ0) is 13.9. The summed E-state index contributed by atoms with van der Waals surface area (Å²) in [6, 6.07) is 4.21. The van der Waals surface area contributed by atoms with E-state index >= 15 is 0 Å². The second-order valence-electron chi connectivity index (χ2n) is 5.77. The summed E-state index contributed by atoms with van der Waals surface area (Å²) in [6.45, 7) is 3.08. The van der Waals surface area contributed by atoms with Crippen LogP contribution >= 0.6 is 0 Å². The van der Waals surface area contributed by atoms with Gasteiger partial charge >= 0.3 is 0 Å². The van der Waals surface area contributed by atoms with E-state index in [2.05, 4.69) is 15.2 Å². The van der Waals surface area contributed by atoms with E-state index in [4.69, 9.17) is 5.73 Å². The van der Waals surface area contributed by atoms with Crippen LogP contribution in [-0.4, -0.2) is 36.6 Å². The molecule has 1 unspecified atom stereocenters. The number of amides is 1. The molecule has 5 nitrogen and oxygen atoms in total. The van der Waals surface area contributed by atoms with E-state index in [1.165, 1.54) is 12.8 Å². The number of pyridine rings is 1. The zero-order valence-corrected chi connectivity index (χ0v) is 11.7. The first-order chi connectivity index (χ1) is 9.75. The summed E-state index contributed by atoms with van der Waals surface area (Å²) in [6.07, 6.45) is 6.66. The first-order valence-electron chi connectivity index (χ1n) is 7.49. The Labute approximate surface area is 119 Å². The molecule has 0 aliphatic carbocycles.